The second-order valence-electron chi connectivity index (χ2n) is 1.92. The van der Waals surface area contributed by atoms with E-state index in [0.29, 0.717) is 0 Å². The average molecular weight is 150 g/mol. The molecule has 1 saturated heterocycles. The van der Waals surface area contributed by atoms with E-state index >= 15 is 0 Å². The SMILES string of the molecule is Cl.N=CN1CCNCC1. The topological polar surface area (TPSA) is 39.1 Å². The van der Waals surface area contributed by atoms with Crippen molar-refractivity contribution in [3.05, 3.63) is 0 Å². The van der Waals surface area contributed by atoms with Gasteiger partial charge < -0.3 is 10.2 Å². The smallest absolute Gasteiger partial charge is 0.0818 e. The zero-order valence-electron chi connectivity index (χ0n) is 5.26. The third-order valence-corrected chi connectivity index (χ3v) is 1.33. The quantitative estimate of drug-likeness (QED) is 0.405. The third-order valence-electron chi connectivity index (χ3n) is 1.33. The van der Waals surface area contributed by atoms with Crippen LogP contribution in [0.5, 0.6) is 0 Å². The number of nitrogens with one attached hydrogen (secondary N) is 2. The van der Waals surface area contributed by atoms with E-state index in [1.165, 1.54) is 6.34 Å². The highest BCUT2D eigenvalue weighted by atomic mass is 35.5. The van der Waals surface area contributed by atoms with Crippen molar-refractivity contribution < 1.29 is 0 Å². The zero-order valence-corrected chi connectivity index (χ0v) is 6.08. The lowest BCUT2D eigenvalue weighted by molar-refractivity contribution is 0.365. The van der Waals surface area contributed by atoms with Crippen LogP contribution in [0.3, 0.4) is 0 Å². The molecule has 1 aliphatic heterocycles. The zero-order chi connectivity index (χ0) is 5.82. The minimum Gasteiger partial charge on any atom is -0.361 e. The molecule has 1 heterocycles. The molecular weight excluding hydrogens is 138 g/mol. The number of hydrogen-bond donors (Lipinski definition) is 2. The van der Waals surface area contributed by atoms with E-state index < -0.39 is 0 Å². The minimum absolute atomic E-state index is 0. The highest BCUT2D eigenvalue weighted by Crippen LogP contribution is 1.84. The van der Waals surface area contributed by atoms with E-state index in [4.69, 9.17) is 5.41 Å². The summed E-state index contributed by atoms with van der Waals surface area (Å²) >= 11 is 0. The fourth-order valence-corrected chi connectivity index (χ4v) is 0.811. The molecule has 0 saturated carbocycles. The molecule has 1 fully saturated rings. The van der Waals surface area contributed by atoms with Crippen LogP contribution in [0.25, 0.3) is 0 Å². The maximum absolute atomic E-state index is 6.87. The molecule has 9 heavy (non-hydrogen) atoms. The van der Waals surface area contributed by atoms with Crippen LogP contribution >= 0.6 is 12.4 Å². The summed E-state index contributed by atoms with van der Waals surface area (Å²) in [5.74, 6) is 0. The maximum Gasteiger partial charge on any atom is 0.0818 e. The highest BCUT2D eigenvalue weighted by molar-refractivity contribution is 5.85. The largest absolute Gasteiger partial charge is 0.361 e. The fraction of sp³-hybridized carbons (Fsp3) is 0.800. The van der Waals surface area contributed by atoms with Gasteiger partial charge in [-0.1, -0.05) is 0 Å². The van der Waals surface area contributed by atoms with Gasteiger partial charge in [-0.2, -0.15) is 0 Å². The van der Waals surface area contributed by atoms with Crippen molar-refractivity contribution in [2.75, 3.05) is 26.2 Å². The molecule has 1 aliphatic rings. The molecular formula is C5H12ClN3. The van der Waals surface area contributed by atoms with Crippen LogP contribution in [-0.4, -0.2) is 37.4 Å². The molecule has 0 aromatic rings. The van der Waals surface area contributed by atoms with Crippen molar-refractivity contribution in [2.24, 2.45) is 0 Å². The summed E-state index contributed by atoms with van der Waals surface area (Å²) in [5, 5.41) is 10.1. The first-order chi connectivity index (χ1) is 3.93. The van der Waals surface area contributed by atoms with Crippen LogP contribution in [-0.2, 0) is 0 Å². The van der Waals surface area contributed by atoms with E-state index in [1.807, 2.05) is 4.90 Å². The Morgan fingerprint density at radius 3 is 2.22 bits per heavy atom. The molecule has 0 amide bonds. The summed E-state index contributed by atoms with van der Waals surface area (Å²) in [5.41, 5.74) is 0. The lowest BCUT2D eigenvalue weighted by Crippen LogP contribution is -2.42. The first-order valence-electron chi connectivity index (χ1n) is 2.89. The van der Waals surface area contributed by atoms with Gasteiger partial charge in [-0.3, -0.25) is 5.41 Å². The Hall–Kier alpha value is -0.280. The van der Waals surface area contributed by atoms with Gasteiger partial charge in [0, 0.05) is 26.2 Å². The van der Waals surface area contributed by atoms with E-state index in [1.54, 1.807) is 0 Å². The summed E-state index contributed by atoms with van der Waals surface area (Å²) in [6.45, 7) is 4.03. The van der Waals surface area contributed by atoms with E-state index in [9.17, 15) is 0 Å². The molecule has 0 aliphatic carbocycles. The average Bonchev–Trinajstić information content (AvgIpc) is 1.90. The van der Waals surface area contributed by atoms with Gasteiger partial charge >= 0.3 is 0 Å². The van der Waals surface area contributed by atoms with Crippen molar-refractivity contribution in [1.82, 2.24) is 10.2 Å². The van der Waals surface area contributed by atoms with Crippen LogP contribution in [0, 0.1) is 5.41 Å². The Kier molecular flexibility index (Phi) is 4.44. The Labute approximate surface area is 61.3 Å². The van der Waals surface area contributed by atoms with Gasteiger partial charge in [0.25, 0.3) is 0 Å². The molecule has 0 aromatic heterocycles. The van der Waals surface area contributed by atoms with Gasteiger partial charge in [0.05, 0.1) is 6.34 Å². The molecule has 3 nitrogen and oxygen atoms in total. The summed E-state index contributed by atoms with van der Waals surface area (Å²) < 4.78 is 0. The van der Waals surface area contributed by atoms with Gasteiger partial charge in [0.2, 0.25) is 0 Å². The van der Waals surface area contributed by atoms with Gasteiger partial charge in [-0.25, -0.2) is 0 Å². The van der Waals surface area contributed by atoms with Crippen LogP contribution < -0.4 is 5.32 Å². The molecule has 0 unspecified atom stereocenters. The number of piperazine rings is 1. The van der Waals surface area contributed by atoms with Crippen molar-refractivity contribution >= 4 is 18.7 Å². The predicted octanol–water partition coefficient (Wildman–Crippen LogP) is -0.0795. The summed E-state index contributed by atoms with van der Waals surface area (Å²) in [6.07, 6.45) is 1.40. The molecule has 4 heteroatoms. The van der Waals surface area contributed by atoms with Crippen molar-refractivity contribution in [1.29, 1.82) is 5.41 Å². The first-order valence-corrected chi connectivity index (χ1v) is 2.89. The monoisotopic (exact) mass is 149 g/mol. The Balaban J connectivity index is 0.000000640. The van der Waals surface area contributed by atoms with Gasteiger partial charge in [0.1, 0.15) is 0 Å². The standard InChI is InChI=1S/C5H11N3.ClH/c6-5-8-3-1-7-2-4-8;/h5-7H,1-4H2;1H. The van der Waals surface area contributed by atoms with Crippen molar-refractivity contribution in [3.63, 3.8) is 0 Å². The summed E-state index contributed by atoms with van der Waals surface area (Å²) in [7, 11) is 0. The van der Waals surface area contributed by atoms with Gasteiger partial charge in [0.15, 0.2) is 0 Å². The summed E-state index contributed by atoms with van der Waals surface area (Å²) in [4.78, 5) is 2.00. The second kappa shape index (κ2) is 4.58. The van der Waals surface area contributed by atoms with Crippen LogP contribution in [0.15, 0.2) is 0 Å². The number of nitrogens with zero attached hydrogens (tertiary/aromatic N) is 1. The van der Waals surface area contributed by atoms with E-state index in [-0.39, 0.29) is 12.4 Å². The molecule has 0 atom stereocenters. The fourth-order valence-electron chi connectivity index (χ4n) is 0.811. The normalized spacial score (nSPS) is 18.4. The molecule has 1 rings (SSSR count). The Morgan fingerprint density at radius 1 is 1.33 bits per heavy atom. The predicted molar refractivity (Wildman–Crippen MR) is 40.5 cm³/mol. The lowest BCUT2D eigenvalue weighted by Gasteiger charge is -2.23. The van der Waals surface area contributed by atoms with E-state index in [2.05, 4.69) is 5.32 Å². The van der Waals surface area contributed by atoms with E-state index in [0.717, 1.165) is 26.2 Å². The molecule has 2 N–H and O–H groups in total. The van der Waals surface area contributed by atoms with Crippen LogP contribution in [0.1, 0.15) is 0 Å². The molecule has 0 radical (unpaired) electrons. The van der Waals surface area contributed by atoms with Crippen molar-refractivity contribution in [3.8, 4) is 0 Å². The first kappa shape index (κ1) is 8.72. The van der Waals surface area contributed by atoms with Crippen molar-refractivity contribution in [2.45, 2.75) is 0 Å². The summed E-state index contributed by atoms with van der Waals surface area (Å²) in [6, 6.07) is 0. The minimum atomic E-state index is 0. The van der Waals surface area contributed by atoms with Crippen LogP contribution in [0.4, 0.5) is 0 Å². The van der Waals surface area contributed by atoms with Crippen LogP contribution in [0.2, 0.25) is 0 Å². The molecule has 54 valence electrons. The Bertz CT molecular complexity index is 80.3. The molecule has 0 bridgehead atoms. The second-order valence-corrected chi connectivity index (χ2v) is 1.92. The molecule has 0 aromatic carbocycles. The number of rotatable bonds is 1. The maximum atomic E-state index is 6.87. The van der Waals surface area contributed by atoms with Gasteiger partial charge in [-0.05, 0) is 0 Å². The number of halogens is 1. The number of hydrogen-bond acceptors (Lipinski definition) is 2. The lowest BCUT2D eigenvalue weighted by atomic mass is 10.4. The molecule has 0 spiro atoms. The highest BCUT2D eigenvalue weighted by Gasteiger charge is 2.02. The van der Waals surface area contributed by atoms with Gasteiger partial charge in [-0.15, -0.1) is 12.4 Å². The third kappa shape index (κ3) is 2.67. The Morgan fingerprint density at radius 2 is 1.89 bits per heavy atom.